The Kier molecular flexibility index (Phi) is 6.40. The average molecular weight is 458 g/mol. The van der Waals surface area contributed by atoms with Gasteiger partial charge in [-0.25, -0.2) is 9.79 Å². The molecule has 2 aliphatic carbocycles. The molecule has 1 aliphatic heterocycles. The van der Waals surface area contributed by atoms with Gasteiger partial charge in [0.25, 0.3) is 11.6 Å². The van der Waals surface area contributed by atoms with Gasteiger partial charge in [0.1, 0.15) is 17.3 Å². The highest BCUT2D eigenvalue weighted by Gasteiger charge is 2.57. The lowest BCUT2D eigenvalue weighted by Crippen LogP contribution is -2.46. The van der Waals surface area contributed by atoms with Crippen molar-refractivity contribution in [2.45, 2.75) is 96.8 Å². The van der Waals surface area contributed by atoms with Crippen LogP contribution >= 0.6 is 0 Å². The minimum absolute atomic E-state index is 0.191. The highest BCUT2D eigenvalue weighted by atomic mass is 16.6. The van der Waals surface area contributed by atoms with Gasteiger partial charge in [0, 0.05) is 11.8 Å². The monoisotopic (exact) mass is 457 g/mol. The summed E-state index contributed by atoms with van der Waals surface area (Å²) in [4.78, 5) is 17.9. The molecule has 4 rings (SSSR count). The van der Waals surface area contributed by atoms with Gasteiger partial charge >= 0.3 is 5.97 Å². The number of rotatable bonds is 6. The number of nitrogens with zero attached hydrogens (tertiary/aromatic N) is 2. The first-order valence-electron chi connectivity index (χ1n) is 12.0. The normalized spacial score (nSPS) is 25.3. The highest BCUT2D eigenvalue weighted by molar-refractivity contribution is 5.90. The standard InChI is InChI=1S/C25H35N3O5/c1-6-31-22(29)25(19-14-20(33-28-19)24(4,5)30)16(3)26-23(32-25)27-21(17-11-7-8-12-17)18-13-9-10-15(18)2/h14,16,30H,6-13H2,1-5H3,(H,26,27). The van der Waals surface area contributed by atoms with Gasteiger partial charge in [-0.15, -0.1) is 0 Å². The van der Waals surface area contributed by atoms with Crippen molar-refractivity contribution in [3.8, 4) is 0 Å². The minimum Gasteiger partial charge on any atom is -0.463 e. The first-order valence-corrected chi connectivity index (χ1v) is 12.0. The molecule has 8 heteroatoms. The summed E-state index contributed by atoms with van der Waals surface area (Å²) in [7, 11) is 0. The van der Waals surface area contributed by atoms with Crippen LogP contribution in [0.1, 0.15) is 91.0 Å². The quantitative estimate of drug-likeness (QED) is 0.612. The second-order valence-corrected chi connectivity index (χ2v) is 9.73. The number of aliphatic imine (C=N–C) groups is 1. The van der Waals surface area contributed by atoms with Crippen molar-refractivity contribution in [2.24, 2.45) is 4.99 Å². The summed E-state index contributed by atoms with van der Waals surface area (Å²) < 4.78 is 17.0. The second kappa shape index (κ2) is 8.97. The fraction of sp³-hybridized carbons (Fsp3) is 0.640. The van der Waals surface area contributed by atoms with E-state index in [1.807, 2.05) is 0 Å². The van der Waals surface area contributed by atoms with E-state index in [4.69, 9.17) is 14.0 Å². The summed E-state index contributed by atoms with van der Waals surface area (Å²) in [6, 6.07) is 1.23. The average Bonchev–Trinajstić information content (AvgIpc) is 3.53. The van der Waals surface area contributed by atoms with E-state index in [9.17, 15) is 9.90 Å². The minimum atomic E-state index is -1.59. The molecule has 0 aromatic carbocycles. The first kappa shape index (κ1) is 23.5. The Balaban J connectivity index is 1.69. The number of carbonyl (C=O) groups is 1. The number of nitrogens with one attached hydrogen (secondary N) is 1. The number of hydrogen-bond acceptors (Lipinski definition) is 8. The van der Waals surface area contributed by atoms with Crippen LogP contribution in [0, 0.1) is 0 Å². The maximum absolute atomic E-state index is 13.2. The van der Waals surface area contributed by atoms with Gasteiger partial charge in [0.05, 0.1) is 6.61 Å². The summed E-state index contributed by atoms with van der Waals surface area (Å²) in [5, 5.41) is 17.9. The highest BCUT2D eigenvalue weighted by Crippen LogP contribution is 2.40. The SMILES string of the molecule is CCOC(=O)C1(c2cc(C(C)(C)O)on2)OC(NC(=C2CCCC2)C2=C(C)CCC2)=NC1C. The van der Waals surface area contributed by atoms with E-state index in [0.29, 0.717) is 0 Å². The molecule has 1 aromatic rings. The van der Waals surface area contributed by atoms with E-state index in [1.54, 1.807) is 33.8 Å². The van der Waals surface area contributed by atoms with Crippen molar-refractivity contribution in [3.05, 3.63) is 39.9 Å². The summed E-state index contributed by atoms with van der Waals surface area (Å²) in [5.41, 5.74) is 2.62. The van der Waals surface area contributed by atoms with Crippen LogP contribution in [0.2, 0.25) is 0 Å². The van der Waals surface area contributed by atoms with E-state index < -0.39 is 23.2 Å². The van der Waals surface area contributed by atoms with E-state index in [1.165, 1.54) is 29.6 Å². The van der Waals surface area contributed by atoms with Crippen LogP contribution in [0.4, 0.5) is 0 Å². The third-order valence-corrected chi connectivity index (χ3v) is 6.82. The molecule has 2 atom stereocenters. The van der Waals surface area contributed by atoms with Gasteiger partial charge < -0.3 is 24.4 Å². The van der Waals surface area contributed by atoms with Crippen molar-refractivity contribution in [1.82, 2.24) is 10.5 Å². The van der Waals surface area contributed by atoms with Crippen LogP contribution < -0.4 is 5.32 Å². The van der Waals surface area contributed by atoms with Crippen LogP contribution in [-0.2, 0) is 25.5 Å². The van der Waals surface area contributed by atoms with Crippen LogP contribution in [0.25, 0.3) is 0 Å². The second-order valence-electron chi connectivity index (χ2n) is 9.73. The van der Waals surface area contributed by atoms with Gasteiger partial charge in [0.2, 0.25) is 0 Å². The van der Waals surface area contributed by atoms with Crippen LogP contribution in [0.15, 0.2) is 38.0 Å². The number of esters is 1. The molecule has 2 N–H and O–H groups in total. The fourth-order valence-corrected chi connectivity index (χ4v) is 4.92. The van der Waals surface area contributed by atoms with Crippen LogP contribution in [0.3, 0.4) is 0 Å². The number of aromatic nitrogens is 1. The zero-order valence-corrected chi connectivity index (χ0v) is 20.3. The number of allylic oxidation sites excluding steroid dienone is 3. The first-order chi connectivity index (χ1) is 15.7. The molecule has 8 nitrogen and oxygen atoms in total. The lowest BCUT2D eigenvalue weighted by atomic mass is 9.91. The largest absolute Gasteiger partial charge is 0.463 e. The summed E-state index contributed by atoms with van der Waals surface area (Å²) in [6.45, 7) is 9.11. The molecule has 0 radical (unpaired) electrons. The lowest BCUT2D eigenvalue weighted by Gasteiger charge is -2.27. The Morgan fingerprint density at radius 2 is 2.00 bits per heavy atom. The summed E-state index contributed by atoms with van der Waals surface area (Å²) in [6.07, 6.45) is 7.76. The Labute approximate surface area is 195 Å². The van der Waals surface area contributed by atoms with Crippen molar-refractivity contribution in [1.29, 1.82) is 0 Å². The van der Waals surface area contributed by atoms with Crippen molar-refractivity contribution in [3.63, 3.8) is 0 Å². The van der Waals surface area contributed by atoms with Crippen molar-refractivity contribution >= 4 is 12.0 Å². The predicted octanol–water partition coefficient (Wildman–Crippen LogP) is 4.35. The Bertz CT molecular complexity index is 1010. The van der Waals surface area contributed by atoms with Crippen molar-refractivity contribution in [2.75, 3.05) is 6.61 Å². The molecule has 1 aromatic heterocycles. The predicted molar refractivity (Wildman–Crippen MR) is 123 cm³/mol. The molecule has 0 saturated heterocycles. The van der Waals surface area contributed by atoms with Gasteiger partial charge in [-0.05, 0) is 90.7 Å². The van der Waals surface area contributed by atoms with Gasteiger partial charge in [-0.1, -0.05) is 10.7 Å². The number of hydrogen-bond donors (Lipinski definition) is 2. The molecule has 1 saturated carbocycles. The lowest BCUT2D eigenvalue weighted by molar-refractivity contribution is -0.164. The Morgan fingerprint density at radius 1 is 1.27 bits per heavy atom. The summed E-state index contributed by atoms with van der Waals surface area (Å²) >= 11 is 0. The zero-order valence-electron chi connectivity index (χ0n) is 20.3. The molecular weight excluding hydrogens is 422 g/mol. The topological polar surface area (TPSA) is 106 Å². The zero-order chi connectivity index (χ0) is 23.8. The van der Waals surface area contributed by atoms with Crippen LogP contribution in [0.5, 0.6) is 0 Å². The number of amidine groups is 1. The molecule has 0 amide bonds. The van der Waals surface area contributed by atoms with E-state index >= 15 is 0 Å². The molecule has 1 fully saturated rings. The molecule has 33 heavy (non-hydrogen) atoms. The molecule has 0 spiro atoms. The number of ether oxygens (including phenoxy) is 2. The Hall–Kier alpha value is -2.61. The number of aliphatic hydroxyl groups is 1. The third-order valence-electron chi connectivity index (χ3n) is 6.82. The molecule has 0 bridgehead atoms. The van der Waals surface area contributed by atoms with E-state index in [-0.39, 0.29) is 24.1 Å². The Morgan fingerprint density at radius 3 is 2.58 bits per heavy atom. The fourth-order valence-electron chi connectivity index (χ4n) is 4.92. The molecule has 3 aliphatic rings. The maximum Gasteiger partial charge on any atom is 0.359 e. The molecule has 2 unspecified atom stereocenters. The van der Waals surface area contributed by atoms with Gasteiger partial charge in [-0.2, -0.15) is 0 Å². The van der Waals surface area contributed by atoms with Crippen LogP contribution in [-0.4, -0.2) is 34.9 Å². The van der Waals surface area contributed by atoms with E-state index in [0.717, 1.165) is 37.8 Å². The van der Waals surface area contributed by atoms with E-state index in [2.05, 4.69) is 22.4 Å². The number of carbonyl (C=O) groups excluding carboxylic acids is 1. The van der Waals surface area contributed by atoms with Crippen molar-refractivity contribution < 1.29 is 23.9 Å². The smallest absolute Gasteiger partial charge is 0.359 e. The summed E-state index contributed by atoms with van der Waals surface area (Å²) in [5.74, 6) is -0.348. The van der Waals surface area contributed by atoms with Gasteiger partial charge in [-0.3, -0.25) is 0 Å². The molecular formula is C25H35N3O5. The third kappa shape index (κ3) is 4.33. The maximum atomic E-state index is 13.2. The molecule has 2 heterocycles. The molecule has 180 valence electrons. The van der Waals surface area contributed by atoms with Gasteiger partial charge in [0.15, 0.2) is 5.76 Å².